The fraction of sp³-hybridized carbons (Fsp3) is 0.250. The maximum Gasteiger partial charge on any atom is 0.251 e. The highest BCUT2D eigenvalue weighted by molar-refractivity contribution is 9.10. The van der Waals surface area contributed by atoms with Crippen molar-refractivity contribution in [2.75, 3.05) is 20.6 Å². The average Bonchev–Trinajstić information content (AvgIpc) is 2.36. The molecular weight excluding hydrogens is 332 g/mol. The molecule has 0 spiro atoms. The second-order valence-corrected chi connectivity index (χ2v) is 6.91. The van der Waals surface area contributed by atoms with Gasteiger partial charge in [0, 0.05) is 30.7 Å². The van der Waals surface area contributed by atoms with Crippen molar-refractivity contribution < 1.29 is 13.2 Å². The van der Waals surface area contributed by atoms with E-state index in [0.29, 0.717) is 11.0 Å². The Morgan fingerprint density at radius 1 is 1.47 bits per heavy atom. The monoisotopic (exact) mass is 346 g/mol. The van der Waals surface area contributed by atoms with Gasteiger partial charge >= 0.3 is 0 Å². The molecular formula is C12H15BrN2O3S. The molecule has 1 aromatic carbocycles. The van der Waals surface area contributed by atoms with Crippen molar-refractivity contribution in [1.82, 2.24) is 9.62 Å². The third-order valence-corrected chi connectivity index (χ3v) is 5.17. The van der Waals surface area contributed by atoms with Crippen LogP contribution in [0.1, 0.15) is 10.4 Å². The molecule has 0 bridgehead atoms. The number of sulfonamides is 1. The molecule has 104 valence electrons. The van der Waals surface area contributed by atoms with E-state index in [4.69, 9.17) is 0 Å². The van der Waals surface area contributed by atoms with E-state index in [1.54, 1.807) is 18.2 Å². The van der Waals surface area contributed by atoms with Crippen molar-refractivity contribution in [1.29, 1.82) is 0 Å². The normalized spacial score (nSPS) is 11.4. The van der Waals surface area contributed by atoms with Crippen LogP contribution in [-0.2, 0) is 10.0 Å². The Hall–Kier alpha value is -1.18. The van der Waals surface area contributed by atoms with Crippen LogP contribution in [0.5, 0.6) is 0 Å². The maximum absolute atomic E-state index is 12.1. The number of rotatable bonds is 5. The average molecular weight is 347 g/mol. The summed E-state index contributed by atoms with van der Waals surface area (Å²) in [6, 6.07) is 4.44. The standard InChI is InChI=1S/C12H15BrN2O3S/c1-4-7-14-12(16)9-5-6-10(13)11(8-9)19(17,18)15(2)3/h4-6,8H,1,7H2,2-3H3,(H,14,16). The number of halogens is 1. The Balaban J connectivity index is 3.22. The minimum absolute atomic E-state index is 0.0590. The van der Waals surface area contributed by atoms with E-state index in [-0.39, 0.29) is 16.4 Å². The van der Waals surface area contributed by atoms with E-state index in [1.807, 2.05) is 0 Å². The van der Waals surface area contributed by atoms with Gasteiger partial charge in [-0.25, -0.2) is 12.7 Å². The van der Waals surface area contributed by atoms with Gasteiger partial charge in [-0.05, 0) is 34.1 Å². The van der Waals surface area contributed by atoms with E-state index >= 15 is 0 Å². The number of carbonyl (C=O) groups is 1. The highest BCUT2D eigenvalue weighted by Crippen LogP contribution is 2.25. The smallest absolute Gasteiger partial charge is 0.251 e. The van der Waals surface area contributed by atoms with Crippen LogP contribution in [0.4, 0.5) is 0 Å². The largest absolute Gasteiger partial charge is 0.349 e. The molecule has 0 aliphatic heterocycles. The van der Waals surface area contributed by atoms with Crippen LogP contribution in [0.3, 0.4) is 0 Å². The molecule has 19 heavy (non-hydrogen) atoms. The van der Waals surface area contributed by atoms with Crippen LogP contribution in [0, 0.1) is 0 Å². The minimum atomic E-state index is -3.60. The van der Waals surface area contributed by atoms with Gasteiger partial charge in [0.15, 0.2) is 0 Å². The highest BCUT2D eigenvalue weighted by atomic mass is 79.9. The summed E-state index contributed by atoms with van der Waals surface area (Å²) >= 11 is 3.18. The summed E-state index contributed by atoms with van der Waals surface area (Å²) in [6.45, 7) is 3.82. The van der Waals surface area contributed by atoms with Crippen LogP contribution in [-0.4, -0.2) is 39.3 Å². The zero-order valence-electron chi connectivity index (χ0n) is 10.7. The molecule has 0 saturated heterocycles. The molecule has 1 N–H and O–H groups in total. The zero-order valence-corrected chi connectivity index (χ0v) is 13.1. The van der Waals surface area contributed by atoms with Crippen molar-refractivity contribution in [3.05, 3.63) is 40.9 Å². The van der Waals surface area contributed by atoms with Gasteiger partial charge < -0.3 is 5.32 Å². The summed E-state index contributed by atoms with van der Waals surface area (Å²) in [4.78, 5) is 11.8. The molecule has 1 amide bonds. The quantitative estimate of drug-likeness (QED) is 0.823. The van der Waals surface area contributed by atoms with Crippen molar-refractivity contribution in [3.63, 3.8) is 0 Å². The summed E-state index contributed by atoms with van der Waals surface area (Å²) in [7, 11) is -0.724. The van der Waals surface area contributed by atoms with E-state index < -0.39 is 10.0 Å². The Labute approximate surface area is 121 Å². The summed E-state index contributed by atoms with van der Waals surface area (Å²) in [5.74, 6) is -0.345. The Morgan fingerprint density at radius 3 is 2.63 bits per heavy atom. The van der Waals surface area contributed by atoms with Gasteiger partial charge in [0.05, 0.1) is 4.90 Å². The fourth-order valence-corrected chi connectivity index (χ4v) is 3.15. The van der Waals surface area contributed by atoms with Crippen molar-refractivity contribution >= 4 is 31.9 Å². The number of carbonyl (C=O) groups excluding carboxylic acids is 1. The predicted molar refractivity (Wildman–Crippen MR) is 77.5 cm³/mol. The Bertz CT molecular complexity index is 597. The number of benzene rings is 1. The van der Waals surface area contributed by atoms with Crippen LogP contribution in [0.15, 0.2) is 40.2 Å². The van der Waals surface area contributed by atoms with Crippen LogP contribution < -0.4 is 5.32 Å². The summed E-state index contributed by atoms with van der Waals surface area (Å²) in [5.41, 5.74) is 0.283. The molecule has 0 atom stereocenters. The Kier molecular flexibility index (Phi) is 5.28. The molecule has 0 unspecified atom stereocenters. The molecule has 0 aliphatic carbocycles. The summed E-state index contributed by atoms with van der Waals surface area (Å²) in [5, 5.41) is 2.60. The highest BCUT2D eigenvalue weighted by Gasteiger charge is 2.21. The van der Waals surface area contributed by atoms with Gasteiger partial charge in [-0.2, -0.15) is 0 Å². The maximum atomic E-state index is 12.1. The van der Waals surface area contributed by atoms with Crippen LogP contribution in [0.2, 0.25) is 0 Å². The molecule has 5 nitrogen and oxygen atoms in total. The number of hydrogen-bond donors (Lipinski definition) is 1. The summed E-state index contributed by atoms with van der Waals surface area (Å²) in [6.07, 6.45) is 1.55. The van der Waals surface area contributed by atoms with E-state index in [2.05, 4.69) is 27.8 Å². The lowest BCUT2D eigenvalue weighted by molar-refractivity contribution is 0.0958. The van der Waals surface area contributed by atoms with Gasteiger partial charge in [-0.1, -0.05) is 6.08 Å². The summed E-state index contributed by atoms with van der Waals surface area (Å²) < 4.78 is 25.7. The first-order valence-electron chi connectivity index (χ1n) is 5.42. The van der Waals surface area contributed by atoms with Gasteiger partial charge in [-0.3, -0.25) is 4.79 Å². The second kappa shape index (κ2) is 6.31. The lowest BCUT2D eigenvalue weighted by Gasteiger charge is -2.13. The molecule has 0 aliphatic rings. The van der Waals surface area contributed by atoms with E-state index in [1.165, 1.54) is 20.2 Å². The number of nitrogens with zero attached hydrogens (tertiary/aromatic N) is 1. The van der Waals surface area contributed by atoms with Crippen molar-refractivity contribution in [2.24, 2.45) is 0 Å². The number of nitrogens with one attached hydrogen (secondary N) is 1. The van der Waals surface area contributed by atoms with Gasteiger partial charge in [0.1, 0.15) is 0 Å². The SMILES string of the molecule is C=CCNC(=O)c1ccc(Br)c(S(=O)(=O)N(C)C)c1. The molecule has 7 heteroatoms. The van der Waals surface area contributed by atoms with Crippen molar-refractivity contribution in [3.8, 4) is 0 Å². The number of amides is 1. The second-order valence-electron chi connectivity index (χ2n) is 3.93. The third-order valence-electron chi connectivity index (χ3n) is 2.36. The van der Waals surface area contributed by atoms with Crippen LogP contribution in [0.25, 0.3) is 0 Å². The van der Waals surface area contributed by atoms with Crippen molar-refractivity contribution in [2.45, 2.75) is 4.90 Å². The van der Waals surface area contributed by atoms with E-state index in [0.717, 1.165) is 4.31 Å². The number of hydrogen-bond acceptors (Lipinski definition) is 3. The van der Waals surface area contributed by atoms with Crippen LogP contribution >= 0.6 is 15.9 Å². The molecule has 0 heterocycles. The molecule has 0 radical (unpaired) electrons. The third kappa shape index (κ3) is 3.65. The molecule has 0 fully saturated rings. The predicted octanol–water partition coefficient (Wildman–Crippen LogP) is 1.62. The van der Waals surface area contributed by atoms with Gasteiger partial charge in [0.25, 0.3) is 5.91 Å². The topological polar surface area (TPSA) is 66.5 Å². The fourth-order valence-electron chi connectivity index (χ4n) is 1.31. The van der Waals surface area contributed by atoms with Gasteiger partial charge in [-0.15, -0.1) is 6.58 Å². The lowest BCUT2D eigenvalue weighted by atomic mass is 10.2. The Morgan fingerprint density at radius 2 is 2.11 bits per heavy atom. The first-order chi connectivity index (χ1) is 8.80. The lowest BCUT2D eigenvalue weighted by Crippen LogP contribution is -2.25. The molecule has 0 saturated carbocycles. The minimum Gasteiger partial charge on any atom is -0.349 e. The zero-order chi connectivity index (χ0) is 14.6. The molecule has 1 rings (SSSR count). The molecule has 1 aromatic rings. The first-order valence-corrected chi connectivity index (χ1v) is 7.65. The van der Waals surface area contributed by atoms with E-state index in [9.17, 15) is 13.2 Å². The first kappa shape index (κ1) is 15.9. The van der Waals surface area contributed by atoms with Gasteiger partial charge in [0.2, 0.25) is 10.0 Å². The molecule has 0 aromatic heterocycles.